The molecule has 2 aromatic rings. The van der Waals surface area contributed by atoms with Crippen LogP contribution in [-0.4, -0.2) is 29.3 Å². The third-order valence-corrected chi connectivity index (χ3v) is 4.85. The first kappa shape index (κ1) is 18.7. The monoisotopic (exact) mass is 390 g/mol. The summed E-state index contributed by atoms with van der Waals surface area (Å²) in [5.74, 6) is -0.401. The Labute approximate surface area is 163 Å². The summed E-state index contributed by atoms with van der Waals surface area (Å²) in [6.45, 7) is 4.50. The summed E-state index contributed by atoms with van der Waals surface area (Å²) in [6, 6.07) is 10.1. The van der Waals surface area contributed by atoms with Crippen LogP contribution in [0.15, 0.2) is 36.4 Å². The summed E-state index contributed by atoms with van der Waals surface area (Å²) >= 11 is 12.0. The number of nitrogens with zero attached hydrogens (tertiary/aromatic N) is 1. The minimum Gasteiger partial charge on any atom is -0.327 e. The van der Waals surface area contributed by atoms with Crippen LogP contribution in [0.1, 0.15) is 34.3 Å². The fraction of sp³-hybridized carbons (Fsp3) is 0.300. The molecular weight excluding hydrogens is 371 g/mol. The molecule has 1 saturated heterocycles. The number of rotatable bonds is 3. The molecule has 0 bridgehead atoms. The van der Waals surface area contributed by atoms with Crippen LogP contribution in [0, 0.1) is 13.8 Å². The summed E-state index contributed by atoms with van der Waals surface area (Å²) in [5.41, 5.74) is 3.30. The molecule has 6 heteroatoms. The number of benzene rings is 2. The largest absolute Gasteiger partial charge is 0.327 e. The van der Waals surface area contributed by atoms with Crippen molar-refractivity contribution in [1.82, 2.24) is 4.90 Å². The molecule has 136 valence electrons. The highest BCUT2D eigenvalue weighted by molar-refractivity contribution is 6.35. The van der Waals surface area contributed by atoms with E-state index >= 15 is 0 Å². The molecule has 26 heavy (non-hydrogen) atoms. The van der Waals surface area contributed by atoms with E-state index in [0.717, 1.165) is 23.2 Å². The van der Waals surface area contributed by atoms with E-state index in [1.54, 1.807) is 23.1 Å². The van der Waals surface area contributed by atoms with Gasteiger partial charge >= 0.3 is 0 Å². The van der Waals surface area contributed by atoms with Gasteiger partial charge in [0.05, 0.1) is 0 Å². The molecule has 2 amide bonds. The molecule has 1 aliphatic heterocycles. The van der Waals surface area contributed by atoms with E-state index in [1.807, 2.05) is 32.0 Å². The zero-order valence-electron chi connectivity index (χ0n) is 14.7. The van der Waals surface area contributed by atoms with Crippen LogP contribution in [0.3, 0.4) is 0 Å². The van der Waals surface area contributed by atoms with Crippen molar-refractivity contribution in [2.45, 2.75) is 32.7 Å². The Balaban J connectivity index is 1.78. The number of anilines is 1. The maximum atomic E-state index is 12.9. The van der Waals surface area contributed by atoms with Crippen molar-refractivity contribution in [3.63, 3.8) is 0 Å². The second kappa shape index (κ2) is 7.68. The second-order valence-corrected chi connectivity index (χ2v) is 7.55. The van der Waals surface area contributed by atoms with Crippen LogP contribution in [0.2, 0.25) is 10.0 Å². The zero-order chi connectivity index (χ0) is 18.8. The molecule has 0 saturated carbocycles. The van der Waals surface area contributed by atoms with Gasteiger partial charge in [0.15, 0.2) is 0 Å². The number of hydrogen-bond donors (Lipinski definition) is 1. The van der Waals surface area contributed by atoms with E-state index in [4.69, 9.17) is 23.2 Å². The highest BCUT2D eigenvalue weighted by Gasteiger charge is 2.34. The summed E-state index contributed by atoms with van der Waals surface area (Å²) in [5, 5.41) is 3.74. The molecule has 1 fully saturated rings. The van der Waals surface area contributed by atoms with Gasteiger partial charge in [-0.2, -0.15) is 0 Å². The van der Waals surface area contributed by atoms with E-state index in [2.05, 4.69) is 5.32 Å². The lowest BCUT2D eigenvalue weighted by molar-refractivity contribution is -0.119. The average molecular weight is 391 g/mol. The lowest BCUT2D eigenvalue weighted by Gasteiger charge is -2.24. The Hall–Kier alpha value is -2.04. The lowest BCUT2D eigenvalue weighted by atomic mass is 10.1. The van der Waals surface area contributed by atoms with Gasteiger partial charge in [-0.25, -0.2) is 0 Å². The molecule has 0 radical (unpaired) electrons. The molecule has 2 aromatic carbocycles. The summed E-state index contributed by atoms with van der Waals surface area (Å²) < 4.78 is 0. The van der Waals surface area contributed by atoms with Crippen molar-refractivity contribution in [3.05, 3.63) is 63.1 Å². The van der Waals surface area contributed by atoms with Gasteiger partial charge < -0.3 is 10.2 Å². The van der Waals surface area contributed by atoms with Crippen molar-refractivity contribution in [1.29, 1.82) is 0 Å². The van der Waals surface area contributed by atoms with Crippen molar-refractivity contribution in [3.8, 4) is 0 Å². The molecule has 3 rings (SSSR count). The fourth-order valence-corrected chi connectivity index (χ4v) is 3.92. The molecule has 0 unspecified atom stereocenters. The van der Waals surface area contributed by atoms with Gasteiger partial charge in [-0.1, -0.05) is 29.3 Å². The number of halogens is 2. The zero-order valence-corrected chi connectivity index (χ0v) is 16.2. The smallest absolute Gasteiger partial charge is 0.254 e. The molecule has 1 aliphatic rings. The fourth-order valence-electron chi connectivity index (χ4n) is 3.40. The Morgan fingerprint density at radius 2 is 1.62 bits per heavy atom. The molecule has 0 aromatic heterocycles. The first-order chi connectivity index (χ1) is 12.3. The van der Waals surface area contributed by atoms with Gasteiger partial charge in [-0.3, -0.25) is 9.59 Å². The molecule has 0 spiro atoms. The van der Waals surface area contributed by atoms with Crippen LogP contribution < -0.4 is 5.32 Å². The van der Waals surface area contributed by atoms with Crippen LogP contribution in [0.5, 0.6) is 0 Å². The standard InChI is InChI=1S/C20H20Cl2N2O2/c1-12-6-13(2)8-17(7-12)23-19(25)18-4-3-5-24(18)20(26)14-9-15(21)11-16(22)10-14/h6-11,18H,3-5H2,1-2H3,(H,23,25)/t18-/m0/s1. The van der Waals surface area contributed by atoms with E-state index in [1.165, 1.54) is 0 Å². The lowest BCUT2D eigenvalue weighted by Crippen LogP contribution is -2.43. The quantitative estimate of drug-likeness (QED) is 0.813. The third kappa shape index (κ3) is 4.19. The molecule has 4 nitrogen and oxygen atoms in total. The Bertz CT molecular complexity index is 826. The highest BCUT2D eigenvalue weighted by atomic mass is 35.5. The first-order valence-electron chi connectivity index (χ1n) is 8.50. The van der Waals surface area contributed by atoms with Crippen LogP contribution in [0.25, 0.3) is 0 Å². The number of nitrogens with one attached hydrogen (secondary N) is 1. The molecule has 1 atom stereocenters. The number of hydrogen-bond acceptors (Lipinski definition) is 2. The summed E-state index contributed by atoms with van der Waals surface area (Å²) in [6.07, 6.45) is 1.42. The normalized spacial score (nSPS) is 16.6. The van der Waals surface area contributed by atoms with Gasteiger partial charge in [0, 0.05) is 27.8 Å². The number of carbonyl (C=O) groups is 2. The van der Waals surface area contributed by atoms with E-state index in [-0.39, 0.29) is 11.8 Å². The SMILES string of the molecule is Cc1cc(C)cc(NC(=O)[C@@H]2CCCN2C(=O)c2cc(Cl)cc(Cl)c2)c1. The Kier molecular flexibility index (Phi) is 5.54. The average Bonchev–Trinajstić information content (AvgIpc) is 3.01. The van der Waals surface area contributed by atoms with Gasteiger partial charge in [-0.15, -0.1) is 0 Å². The topological polar surface area (TPSA) is 49.4 Å². The second-order valence-electron chi connectivity index (χ2n) is 6.68. The van der Waals surface area contributed by atoms with Crippen LogP contribution >= 0.6 is 23.2 Å². The highest BCUT2D eigenvalue weighted by Crippen LogP contribution is 2.25. The first-order valence-corrected chi connectivity index (χ1v) is 9.25. The van der Waals surface area contributed by atoms with Crippen molar-refractivity contribution >= 4 is 40.7 Å². The minimum atomic E-state index is -0.499. The number of carbonyl (C=O) groups excluding carboxylic acids is 2. The molecule has 1 heterocycles. The number of aryl methyl sites for hydroxylation is 2. The molecule has 0 aliphatic carbocycles. The predicted molar refractivity (Wildman–Crippen MR) is 105 cm³/mol. The van der Waals surface area contributed by atoms with E-state index in [0.29, 0.717) is 28.6 Å². The maximum Gasteiger partial charge on any atom is 0.254 e. The Morgan fingerprint density at radius 3 is 2.23 bits per heavy atom. The summed E-state index contributed by atoms with van der Waals surface area (Å²) in [4.78, 5) is 27.2. The van der Waals surface area contributed by atoms with Gasteiger partial charge in [0.25, 0.3) is 5.91 Å². The van der Waals surface area contributed by atoms with Crippen molar-refractivity contribution in [2.24, 2.45) is 0 Å². The van der Waals surface area contributed by atoms with Gasteiger partial charge in [-0.05, 0) is 68.1 Å². The summed E-state index contributed by atoms with van der Waals surface area (Å²) in [7, 11) is 0. The predicted octanol–water partition coefficient (Wildman–Crippen LogP) is 4.85. The number of likely N-dealkylation sites (tertiary alicyclic amines) is 1. The van der Waals surface area contributed by atoms with Crippen molar-refractivity contribution < 1.29 is 9.59 Å². The van der Waals surface area contributed by atoms with Crippen LogP contribution in [-0.2, 0) is 4.79 Å². The minimum absolute atomic E-state index is 0.172. The molecular formula is C20H20Cl2N2O2. The Morgan fingerprint density at radius 1 is 1.00 bits per heavy atom. The van der Waals surface area contributed by atoms with E-state index in [9.17, 15) is 9.59 Å². The van der Waals surface area contributed by atoms with Crippen LogP contribution in [0.4, 0.5) is 5.69 Å². The van der Waals surface area contributed by atoms with Gasteiger partial charge in [0.1, 0.15) is 6.04 Å². The van der Waals surface area contributed by atoms with E-state index < -0.39 is 6.04 Å². The van der Waals surface area contributed by atoms with Gasteiger partial charge in [0.2, 0.25) is 5.91 Å². The van der Waals surface area contributed by atoms with Crippen molar-refractivity contribution in [2.75, 3.05) is 11.9 Å². The maximum absolute atomic E-state index is 12.9. The third-order valence-electron chi connectivity index (χ3n) is 4.42. The number of amides is 2. The molecule has 1 N–H and O–H groups in total.